The number of nitrogens with zero attached hydrogens (tertiary/aromatic N) is 4. The van der Waals surface area contributed by atoms with Crippen molar-refractivity contribution in [2.75, 3.05) is 6.26 Å². The third kappa shape index (κ3) is 4.15. The van der Waals surface area contributed by atoms with Crippen LogP contribution in [0.25, 0.3) is 28.3 Å². The van der Waals surface area contributed by atoms with Crippen molar-refractivity contribution in [3.8, 4) is 28.3 Å². The highest BCUT2D eigenvalue weighted by atomic mass is 32.2. The first-order valence-electron chi connectivity index (χ1n) is 8.99. The van der Waals surface area contributed by atoms with E-state index in [1.54, 1.807) is 30.6 Å². The third-order valence-electron chi connectivity index (χ3n) is 4.65. The third-order valence-corrected chi connectivity index (χ3v) is 6.34. The van der Waals surface area contributed by atoms with Gasteiger partial charge in [-0.3, -0.25) is 0 Å². The highest BCUT2D eigenvalue weighted by Gasteiger charge is 2.35. The second-order valence-corrected chi connectivity index (χ2v) is 9.66. The number of rotatable bonds is 4. The highest BCUT2D eigenvalue weighted by Crippen LogP contribution is 2.35. The van der Waals surface area contributed by atoms with E-state index in [0.29, 0.717) is 5.56 Å². The monoisotopic (exact) mass is 482 g/mol. The number of pyridine rings is 1. The van der Waals surface area contributed by atoms with Gasteiger partial charge in [0.05, 0.1) is 16.9 Å². The molecule has 12 heteroatoms. The van der Waals surface area contributed by atoms with Crippen LogP contribution < -0.4 is 0 Å². The fourth-order valence-electron chi connectivity index (χ4n) is 3.16. The molecule has 6 nitrogen and oxygen atoms in total. The van der Waals surface area contributed by atoms with Gasteiger partial charge in [0.2, 0.25) is 5.95 Å². The minimum atomic E-state index is -4.75. The van der Waals surface area contributed by atoms with Gasteiger partial charge in [-0.2, -0.15) is 27.6 Å². The van der Waals surface area contributed by atoms with Gasteiger partial charge in [-0.25, -0.2) is 18.1 Å². The molecule has 166 valence electrons. The molecule has 0 aliphatic rings. The lowest BCUT2D eigenvalue weighted by molar-refractivity contribution is -0.141. The molecule has 0 fully saturated rings. The van der Waals surface area contributed by atoms with Gasteiger partial charge in [-0.1, -0.05) is 12.1 Å². The zero-order valence-electron chi connectivity index (χ0n) is 16.6. The zero-order valence-corrected chi connectivity index (χ0v) is 18.2. The Labute approximate surface area is 184 Å². The van der Waals surface area contributed by atoms with Gasteiger partial charge >= 0.3 is 6.18 Å². The number of hydrogen-bond acceptors (Lipinski definition) is 6. The molecule has 4 rings (SSSR count). The van der Waals surface area contributed by atoms with E-state index in [1.807, 2.05) is 5.38 Å². The maximum Gasteiger partial charge on any atom is 0.435 e. The van der Waals surface area contributed by atoms with Crippen LogP contribution in [0, 0.1) is 12.9 Å². The van der Waals surface area contributed by atoms with Crippen molar-refractivity contribution in [3.05, 3.63) is 64.5 Å². The van der Waals surface area contributed by atoms with Crippen molar-refractivity contribution >= 4 is 21.2 Å². The standard InChI is InChI=1S/C20H14F4N4O2S2/c1-11-7-12(3-4-13(11)14-9-31-10-25-14)15-8-17(20(22,23)24)27-28(15)18-6-5-16(19(21)26-18)32(2,29)30/h3-10H,1-2H3. The van der Waals surface area contributed by atoms with E-state index in [1.165, 1.54) is 11.3 Å². The summed E-state index contributed by atoms with van der Waals surface area (Å²) in [4.78, 5) is 7.13. The average molecular weight is 482 g/mol. The number of halogens is 4. The minimum Gasteiger partial charge on any atom is -0.245 e. The molecule has 0 N–H and O–H groups in total. The highest BCUT2D eigenvalue weighted by molar-refractivity contribution is 7.90. The number of thiazole rings is 1. The molecule has 0 saturated carbocycles. The quantitative estimate of drug-likeness (QED) is 0.305. The lowest BCUT2D eigenvalue weighted by atomic mass is 10.0. The van der Waals surface area contributed by atoms with Crippen molar-refractivity contribution in [2.45, 2.75) is 18.0 Å². The molecule has 0 atom stereocenters. The van der Waals surface area contributed by atoms with Gasteiger partial charge in [0.15, 0.2) is 21.3 Å². The normalized spacial score (nSPS) is 12.3. The molecule has 0 radical (unpaired) electrons. The summed E-state index contributed by atoms with van der Waals surface area (Å²) in [5.41, 5.74) is 3.21. The maximum atomic E-state index is 14.3. The SMILES string of the molecule is Cc1cc(-c2cc(C(F)(F)F)nn2-c2ccc(S(C)(=O)=O)c(F)n2)ccc1-c1cscn1. The summed E-state index contributed by atoms with van der Waals surface area (Å²) >= 11 is 1.42. The minimum absolute atomic E-state index is 0.0178. The molecule has 1 aromatic carbocycles. The van der Waals surface area contributed by atoms with E-state index in [0.717, 1.165) is 46.0 Å². The first kappa shape index (κ1) is 22.1. The lowest BCUT2D eigenvalue weighted by Gasteiger charge is -2.10. The van der Waals surface area contributed by atoms with Crippen molar-refractivity contribution < 1.29 is 26.0 Å². The fraction of sp³-hybridized carbons (Fsp3) is 0.150. The molecule has 0 aliphatic heterocycles. The summed E-state index contributed by atoms with van der Waals surface area (Å²) in [5.74, 6) is -1.61. The van der Waals surface area contributed by atoms with E-state index in [4.69, 9.17) is 0 Å². The van der Waals surface area contributed by atoms with Crippen LogP contribution in [-0.2, 0) is 16.0 Å². The van der Waals surface area contributed by atoms with Crippen molar-refractivity contribution in [1.82, 2.24) is 19.7 Å². The number of aryl methyl sites for hydroxylation is 1. The van der Waals surface area contributed by atoms with Gasteiger partial charge in [-0.05, 0) is 36.8 Å². The Morgan fingerprint density at radius 3 is 2.41 bits per heavy atom. The smallest absolute Gasteiger partial charge is 0.245 e. The second-order valence-electron chi connectivity index (χ2n) is 6.96. The largest absolute Gasteiger partial charge is 0.435 e. The molecule has 4 aromatic rings. The molecule has 0 unspecified atom stereocenters. The van der Waals surface area contributed by atoms with Gasteiger partial charge in [0, 0.05) is 22.8 Å². The summed E-state index contributed by atoms with van der Waals surface area (Å²) in [6.07, 6.45) is -3.94. The van der Waals surface area contributed by atoms with E-state index in [9.17, 15) is 26.0 Å². The Morgan fingerprint density at radius 2 is 1.84 bits per heavy atom. The summed E-state index contributed by atoms with van der Waals surface area (Å²) < 4.78 is 78.6. The Hall–Kier alpha value is -3.12. The molecule has 0 saturated heterocycles. The molecule has 3 aromatic heterocycles. The summed E-state index contributed by atoms with van der Waals surface area (Å²) in [6.45, 7) is 1.79. The lowest BCUT2D eigenvalue weighted by Crippen LogP contribution is -2.10. The van der Waals surface area contributed by atoms with Gasteiger partial charge in [-0.15, -0.1) is 11.3 Å². The van der Waals surface area contributed by atoms with E-state index in [2.05, 4.69) is 15.1 Å². The van der Waals surface area contributed by atoms with Gasteiger partial charge in [0.1, 0.15) is 4.90 Å². The van der Waals surface area contributed by atoms with Crippen molar-refractivity contribution in [3.63, 3.8) is 0 Å². The number of hydrogen-bond donors (Lipinski definition) is 0. The van der Waals surface area contributed by atoms with E-state index >= 15 is 0 Å². The molecule has 3 heterocycles. The first-order valence-corrected chi connectivity index (χ1v) is 11.8. The van der Waals surface area contributed by atoms with Crippen molar-refractivity contribution in [1.29, 1.82) is 0 Å². The van der Waals surface area contributed by atoms with Crippen LogP contribution in [0.5, 0.6) is 0 Å². The maximum absolute atomic E-state index is 14.3. The van der Waals surface area contributed by atoms with Crippen LogP contribution in [-0.4, -0.2) is 34.4 Å². The van der Waals surface area contributed by atoms with Crippen LogP contribution in [0.15, 0.2) is 52.2 Å². The number of aromatic nitrogens is 4. The predicted molar refractivity (Wildman–Crippen MR) is 111 cm³/mol. The topological polar surface area (TPSA) is 77.7 Å². The molecule has 0 bridgehead atoms. The van der Waals surface area contributed by atoms with Gasteiger partial charge < -0.3 is 0 Å². The fourth-order valence-corrected chi connectivity index (χ4v) is 4.38. The Bertz CT molecular complexity index is 1410. The van der Waals surface area contributed by atoms with Crippen molar-refractivity contribution in [2.24, 2.45) is 0 Å². The molecular formula is C20H14F4N4O2S2. The molecular weight excluding hydrogens is 468 g/mol. The van der Waals surface area contributed by atoms with Crippen LogP contribution in [0.3, 0.4) is 0 Å². The van der Waals surface area contributed by atoms with E-state index < -0.39 is 32.6 Å². The van der Waals surface area contributed by atoms with E-state index in [-0.39, 0.29) is 11.5 Å². The summed E-state index contributed by atoms with van der Waals surface area (Å²) in [7, 11) is -3.90. The summed E-state index contributed by atoms with van der Waals surface area (Å²) in [5, 5.41) is 5.42. The van der Waals surface area contributed by atoms with Gasteiger partial charge in [0.25, 0.3) is 0 Å². The number of alkyl halides is 3. The first-order chi connectivity index (χ1) is 14.9. The van der Waals surface area contributed by atoms with Crippen LogP contribution >= 0.6 is 11.3 Å². The predicted octanol–water partition coefficient (Wildman–Crippen LogP) is 4.93. The zero-order chi connectivity index (χ0) is 23.3. The average Bonchev–Trinajstić information content (AvgIpc) is 3.36. The number of benzene rings is 1. The molecule has 0 spiro atoms. The Balaban J connectivity index is 1.88. The second kappa shape index (κ2) is 7.78. The Morgan fingerprint density at radius 1 is 1.09 bits per heavy atom. The van der Waals surface area contributed by atoms with Crippen LogP contribution in [0.2, 0.25) is 0 Å². The summed E-state index contributed by atoms with van der Waals surface area (Å²) in [6, 6.07) is 7.89. The Kier molecular flexibility index (Phi) is 5.37. The van der Waals surface area contributed by atoms with Crippen LogP contribution in [0.1, 0.15) is 11.3 Å². The van der Waals surface area contributed by atoms with Crippen LogP contribution in [0.4, 0.5) is 17.6 Å². The molecule has 0 aliphatic carbocycles. The molecule has 0 amide bonds. The molecule has 32 heavy (non-hydrogen) atoms. The number of sulfone groups is 1.